The third-order valence-corrected chi connectivity index (χ3v) is 2.80. The zero-order valence-electron chi connectivity index (χ0n) is 12.3. The van der Waals surface area contributed by atoms with E-state index in [1.807, 2.05) is 27.7 Å². The molecule has 112 valence electrons. The van der Waals surface area contributed by atoms with Gasteiger partial charge in [0, 0.05) is 13.2 Å². The lowest BCUT2D eigenvalue weighted by Crippen LogP contribution is -2.58. The van der Waals surface area contributed by atoms with Gasteiger partial charge in [0.2, 0.25) is 0 Å². The zero-order valence-corrected chi connectivity index (χ0v) is 12.3. The Balaban J connectivity index is 2.63. The molecule has 2 N–H and O–H groups in total. The average molecular weight is 274 g/mol. The molecule has 1 rings (SSSR count). The number of morpholine rings is 1. The summed E-state index contributed by atoms with van der Waals surface area (Å²) in [7, 11) is 0. The predicted octanol–water partition coefficient (Wildman–Crippen LogP) is 0.986. The Morgan fingerprint density at radius 1 is 1.53 bits per heavy atom. The van der Waals surface area contributed by atoms with E-state index in [0.717, 1.165) is 0 Å². The number of hydrogen-bond acceptors (Lipinski definition) is 5. The molecule has 0 aromatic rings. The second kappa shape index (κ2) is 7.07. The van der Waals surface area contributed by atoms with E-state index >= 15 is 0 Å². The molecule has 6 heteroatoms. The van der Waals surface area contributed by atoms with E-state index in [2.05, 4.69) is 0 Å². The lowest BCUT2D eigenvalue weighted by molar-refractivity contribution is -0.0448. The first-order chi connectivity index (χ1) is 8.85. The number of ether oxygens (including phenoxy) is 3. The van der Waals surface area contributed by atoms with Crippen LogP contribution >= 0.6 is 0 Å². The van der Waals surface area contributed by atoms with Crippen LogP contribution < -0.4 is 5.73 Å². The van der Waals surface area contributed by atoms with Crippen LogP contribution in [0, 0.1) is 0 Å². The molecule has 1 aliphatic rings. The van der Waals surface area contributed by atoms with E-state index in [0.29, 0.717) is 33.0 Å². The van der Waals surface area contributed by atoms with Gasteiger partial charge >= 0.3 is 6.09 Å². The van der Waals surface area contributed by atoms with E-state index in [4.69, 9.17) is 19.9 Å². The highest BCUT2D eigenvalue weighted by Crippen LogP contribution is 2.16. The molecule has 0 aliphatic carbocycles. The summed E-state index contributed by atoms with van der Waals surface area (Å²) in [6, 6.07) is -0.470. The Kier molecular flexibility index (Phi) is 6.03. The molecule has 19 heavy (non-hydrogen) atoms. The second-order valence-corrected chi connectivity index (χ2v) is 5.64. The number of nitrogens with zero attached hydrogens (tertiary/aromatic N) is 1. The van der Waals surface area contributed by atoms with Crippen LogP contribution in [-0.2, 0) is 14.2 Å². The van der Waals surface area contributed by atoms with Gasteiger partial charge in [-0.2, -0.15) is 0 Å². The third kappa shape index (κ3) is 5.34. The maximum absolute atomic E-state index is 12.2. The first-order valence-corrected chi connectivity index (χ1v) is 6.76. The molecule has 0 saturated carbocycles. The molecule has 0 aromatic carbocycles. The van der Waals surface area contributed by atoms with Gasteiger partial charge in [-0.15, -0.1) is 0 Å². The van der Waals surface area contributed by atoms with Gasteiger partial charge in [0.05, 0.1) is 31.9 Å². The van der Waals surface area contributed by atoms with Crippen LogP contribution in [0.1, 0.15) is 27.7 Å². The fourth-order valence-corrected chi connectivity index (χ4v) is 1.89. The summed E-state index contributed by atoms with van der Waals surface area (Å²) in [6.07, 6.45) is -0.340. The second-order valence-electron chi connectivity index (χ2n) is 5.64. The molecule has 0 bridgehead atoms. The first kappa shape index (κ1) is 16.2. The molecule has 1 heterocycles. The summed E-state index contributed by atoms with van der Waals surface area (Å²) in [4.78, 5) is 13.8. The summed E-state index contributed by atoms with van der Waals surface area (Å²) < 4.78 is 16.1. The highest BCUT2D eigenvalue weighted by molar-refractivity contribution is 5.68. The summed E-state index contributed by atoms with van der Waals surface area (Å²) in [5, 5.41) is 0. The third-order valence-electron chi connectivity index (χ3n) is 2.80. The quantitative estimate of drug-likeness (QED) is 0.827. The predicted molar refractivity (Wildman–Crippen MR) is 72.0 cm³/mol. The van der Waals surface area contributed by atoms with E-state index in [1.54, 1.807) is 4.90 Å². The van der Waals surface area contributed by atoms with E-state index < -0.39 is 5.60 Å². The number of nitrogens with two attached hydrogens (primary N) is 1. The van der Waals surface area contributed by atoms with Crippen LogP contribution in [0.4, 0.5) is 4.79 Å². The van der Waals surface area contributed by atoms with Crippen molar-refractivity contribution in [3.8, 4) is 0 Å². The maximum atomic E-state index is 12.2. The van der Waals surface area contributed by atoms with Gasteiger partial charge in [0.1, 0.15) is 5.60 Å². The van der Waals surface area contributed by atoms with Crippen LogP contribution in [0.25, 0.3) is 0 Å². The van der Waals surface area contributed by atoms with Crippen molar-refractivity contribution in [3.63, 3.8) is 0 Å². The van der Waals surface area contributed by atoms with Gasteiger partial charge in [0.25, 0.3) is 0 Å². The van der Waals surface area contributed by atoms with E-state index in [1.165, 1.54) is 0 Å². The molecule has 1 fully saturated rings. The average Bonchev–Trinajstić information content (AvgIpc) is 2.34. The number of rotatable bonds is 4. The Labute approximate surface area is 115 Å². The van der Waals surface area contributed by atoms with Crippen molar-refractivity contribution in [2.24, 2.45) is 5.73 Å². The Bertz CT molecular complexity index is 291. The molecular weight excluding hydrogens is 248 g/mol. The monoisotopic (exact) mass is 274 g/mol. The van der Waals surface area contributed by atoms with Crippen molar-refractivity contribution in [1.82, 2.24) is 4.90 Å². The summed E-state index contributed by atoms with van der Waals surface area (Å²) in [6.45, 7) is 9.90. The van der Waals surface area contributed by atoms with Crippen LogP contribution in [-0.4, -0.2) is 61.7 Å². The molecule has 0 spiro atoms. The molecule has 1 aliphatic heterocycles. The van der Waals surface area contributed by atoms with Crippen LogP contribution in [0.3, 0.4) is 0 Å². The van der Waals surface area contributed by atoms with Gasteiger partial charge < -0.3 is 19.9 Å². The standard InChI is InChI=1S/C13H26N2O4/c1-5-17-8-10(14)11-9-18-7-6-15(11)12(16)19-13(2,3)4/h10-11H,5-9,14H2,1-4H3. The van der Waals surface area contributed by atoms with Crippen LogP contribution in [0.5, 0.6) is 0 Å². The van der Waals surface area contributed by atoms with Crippen molar-refractivity contribution in [1.29, 1.82) is 0 Å². The lowest BCUT2D eigenvalue weighted by atomic mass is 10.1. The maximum Gasteiger partial charge on any atom is 0.410 e. The first-order valence-electron chi connectivity index (χ1n) is 6.76. The normalized spacial score (nSPS) is 22.2. The van der Waals surface area contributed by atoms with E-state index in [9.17, 15) is 4.79 Å². The molecule has 1 amide bonds. The van der Waals surface area contributed by atoms with Gasteiger partial charge in [-0.05, 0) is 27.7 Å². The van der Waals surface area contributed by atoms with Crippen molar-refractivity contribution < 1.29 is 19.0 Å². The molecule has 0 radical (unpaired) electrons. The van der Waals surface area contributed by atoms with Gasteiger partial charge in [-0.3, -0.25) is 4.90 Å². The molecule has 0 aromatic heterocycles. The van der Waals surface area contributed by atoms with Crippen LogP contribution in [0.2, 0.25) is 0 Å². The smallest absolute Gasteiger partial charge is 0.410 e. The summed E-state index contributed by atoms with van der Waals surface area (Å²) in [5.41, 5.74) is 5.56. The highest BCUT2D eigenvalue weighted by atomic mass is 16.6. The van der Waals surface area contributed by atoms with Crippen molar-refractivity contribution in [3.05, 3.63) is 0 Å². The fraction of sp³-hybridized carbons (Fsp3) is 0.923. The minimum Gasteiger partial charge on any atom is -0.444 e. The Hall–Kier alpha value is -0.850. The fourth-order valence-electron chi connectivity index (χ4n) is 1.89. The van der Waals surface area contributed by atoms with Crippen molar-refractivity contribution >= 4 is 6.09 Å². The number of amides is 1. The number of carbonyl (C=O) groups excluding carboxylic acids is 1. The molecule has 6 nitrogen and oxygen atoms in total. The van der Waals surface area contributed by atoms with Gasteiger partial charge in [0.15, 0.2) is 0 Å². The van der Waals surface area contributed by atoms with Gasteiger partial charge in [-0.25, -0.2) is 4.79 Å². The Morgan fingerprint density at radius 3 is 2.79 bits per heavy atom. The number of carbonyl (C=O) groups is 1. The minimum absolute atomic E-state index is 0.199. The summed E-state index contributed by atoms with van der Waals surface area (Å²) >= 11 is 0. The molecule has 2 atom stereocenters. The largest absolute Gasteiger partial charge is 0.444 e. The van der Waals surface area contributed by atoms with Gasteiger partial charge in [-0.1, -0.05) is 0 Å². The molecular formula is C13H26N2O4. The lowest BCUT2D eigenvalue weighted by Gasteiger charge is -2.39. The van der Waals surface area contributed by atoms with Crippen molar-refractivity contribution in [2.75, 3.05) is 33.0 Å². The van der Waals surface area contributed by atoms with E-state index in [-0.39, 0.29) is 18.2 Å². The number of hydrogen-bond donors (Lipinski definition) is 1. The highest BCUT2D eigenvalue weighted by Gasteiger charge is 2.34. The minimum atomic E-state index is -0.510. The zero-order chi connectivity index (χ0) is 14.5. The molecule has 1 saturated heterocycles. The SMILES string of the molecule is CCOCC(N)C1COCCN1C(=O)OC(C)(C)C. The topological polar surface area (TPSA) is 74.0 Å². The van der Waals surface area contributed by atoms with Crippen LogP contribution in [0.15, 0.2) is 0 Å². The Morgan fingerprint density at radius 2 is 2.21 bits per heavy atom. The van der Waals surface area contributed by atoms with Crippen molar-refractivity contribution in [2.45, 2.75) is 45.4 Å². The summed E-state index contributed by atoms with van der Waals surface area (Å²) in [5.74, 6) is 0. The molecule has 2 unspecified atom stereocenters.